The largest absolute Gasteiger partial charge is 0.392 e. The van der Waals surface area contributed by atoms with Gasteiger partial charge >= 0.3 is 0 Å². The summed E-state index contributed by atoms with van der Waals surface area (Å²) in [5.41, 5.74) is -0.778. The highest BCUT2D eigenvalue weighted by molar-refractivity contribution is 4.86. The van der Waals surface area contributed by atoms with Gasteiger partial charge in [0.15, 0.2) is 0 Å². The van der Waals surface area contributed by atoms with Crippen molar-refractivity contribution in [3.63, 3.8) is 0 Å². The Labute approximate surface area is 91.6 Å². The summed E-state index contributed by atoms with van der Waals surface area (Å²) in [6, 6.07) is 0. The van der Waals surface area contributed by atoms with Crippen LogP contribution in [0.15, 0.2) is 0 Å². The molecule has 0 aliphatic carbocycles. The average molecular weight is 217 g/mol. The molecular weight excluding hydrogens is 194 g/mol. The molecule has 0 unspecified atom stereocenters. The third-order valence-corrected chi connectivity index (χ3v) is 3.19. The van der Waals surface area contributed by atoms with E-state index >= 15 is 0 Å². The molecule has 0 aromatic carbocycles. The molecule has 1 fully saturated rings. The molecule has 1 saturated heterocycles. The van der Waals surface area contributed by atoms with Crippen molar-refractivity contribution in [2.24, 2.45) is 5.92 Å². The number of rotatable bonds is 5. The van der Waals surface area contributed by atoms with Gasteiger partial charge in [-0.05, 0) is 32.7 Å². The first-order chi connectivity index (χ1) is 7.06. The summed E-state index contributed by atoms with van der Waals surface area (Å²) in [6.45, 7) is 3.80. The Morgan fingerprint density at radius 2 is 2.07 bits per heavy atom. The first kappa shape index (κ1) is 12.9. The number of aliphatic hydroxyl groups excluding tert-OH is 1. The molecule has 0 saturated carbocycles. The van der Waals surface area contributed by atoms with Crippen molar-refractivity contribution >= 4 is 0 Å². The Balaban J connectivity index is 2.41. The van der Waals surface area contributed by atoms with Crippen LogP contribution in [0.5, 0.6) is 0 Å². The molecule has 0 aromatic rings. The molecule has 4 nitrogen and oxygen atoms in total. The highest BCUT2D eigenvalue weighted by Crippen LogP contribution is 2.30. The van der Waals surface area contributed by atoms with E-state index in [4.69, 9.17) is 4.74 Å². The molecule has 1 rings (SSSR count). The van der Waals surface area contributed by atoms with Gasteiger partial charge in [-0.1, -0.05) is 0 Å². The summed E-state index contributed by atoms with van der Waals surface area (Å²) in [6.07, 6.45) is 1.73. The number of aliphatic hydroxyl groups is 2. The van der Waals surface area contributed by atoms with Gasteiger partial charge in [-0.2, -0.15) is 0 Å². The molecule has 0 amide bonds. The zero-order valence-corrected chi connectivity index (χ0v) is 9.70. The highest BCUT2D eigenvalue weighted by Gasteiger charge is 2.34. The molecule has 1 aliphatic rings. The van der Waals surface area contributed by atoms with E-state index in [-0.39, 0.29) is 5.92 Å². The van der Waals surface area contributed by atoms with Gasteiger partial charge in [0, 0.05) is 26.2 Å². The van der Waals surface area contributed by atoms with E-state index in [1.165, 1.54) is 0 Å². The Bertz CT molecular complexity index is 179. The standard InChI is InChI=1S/C11H23NO3/c1-11(14,7-10(13)8-12-2)9-3-5-15-6-4-9/h9-10,12-14H,3-8H2,1-2H3/t10-,11+/m1/s1. The van der Waals surface area contributed by atoms with Crippen LogP contribution in [0.4, 0.5) is 0 Å². The normalized spacial score (nSPS) is 24.8. The number of hydrogen-bond donors (Lipinski definition) is 3. The van der Waals surface area contributed by atoms with Crippen molar-refractivity contribution in [2.45, 2.75) is 37.9 Å². The molecule has 90 valence electrons. The predicted octanol–water partition coefficient (Wildman–Crippen LogP) is 0.134. The van der Waals surface area contributed by atoms with Gasteiger partial charge in [-0.3, -0.25) is 0 Å². The van der Waals surface area contributed by atoms with E-state index < -0.39 is 11.7 Å². The van der Waals surface area contributed by atoms with E-state index in [0.717, 1.165) is 26.1 Å². The monoisotopic (exact) mass is 217 g/mol. The number of nitrogens with one attached hydrogen (secondary N) is 1. The molecule has 4 heteroatoms. The fraction of sp³-hybridized carbons (Fsp3) is 1.00. The van der Waals surface area contributed by atoms with E-state index in [9.17, 15) is 10.2 Å². The molecule has 3 N–H and O–H groups in total. The second-order valence-corrected chi connectivity index (χ2v) is 4.66. The van der Waals surface area contributed by atoms with Crippen LogP contribution in [0.1, 0.15) is 26.2 Å². The third kappa shape index (κ3) is 4.07. The molecule has 0 radical (unpaired) electrons. The molecule has 15 heavy (non-hydrogen) atoms. The zero-order valence-electron chi connectivity index (χ0n) is 9.70. The predicted molar refractivity (Wildman–Crippen MR) is 58.7 cm³/mol. The maximum Gasteiger partial charge on any atom is 0.0691 e. The summed E-state index contributed by atoms with van der Waals surface area (Å²) in [5, 5.41) is 22.9. The molecule has 1 aliphatic heterocycles. The van der Waals surface area contributed by atoms with Gasteiger partial charge < -0.3 is 20.3 Å². The second kappa shape index (κ2) is 5.80. The van der Waals surface area contributed by atoms with Crippen LogP contribution in [0.2, 0.25) is 0 Å². The average Bonchev–Trinajstić information content (AvgIpc) is 2.18. The lowest BCUT2D eigenvalue weighted by atomic mass is 9.80. The quantitative estimate of drug-likeness (QED) is 0.613. The van der Waals surface area contributed by atoms with Crippen LogP contribution in [0, 0.1) is 5.92 Å². The summed E-state index contributed by atoms with van der Waals surface area (Å²) < 4.78 is 5.26. The van der Waals surface area contributed by atoms with Gasteiger partial charge in [-0.25, -0.2) is 0 Å². The first-order valence-corrected chi connectivity index (χ1v) is 5.69. The third-order valence-electron chi connectivity index (χ3n) is 3.19. The van der Waals surface area contributed by atoms with Crippen molar-refractivity contribution in [1.82, 2.24) is 5.32 Å². The summed E-state index contributed by atoms with van der Waals surface area (Å²) in [4.78, 5) is 0. The van der Waals surface area contributed by atoms with Crippen LogP contribution < -0.4 is 5.32 Å². The van der Waals surface area contributed by atoms with E-state index in [1.807, 2.05) is 6.92 Å². The minimum absolute atomic E-state index is 0.248. The van der Waals surface area contributed by atoms with Crippen LogP contribution >= 0.6 is 0 Å². The first-order valence-electron chi connectivity index (χ1n) is 5.69. The Kier molecular flexibility index (Phi) is 4.99. The molecule has 0 spiro atoms. The van der Waals surface area contributed by atoms with Crippen molar-refractivity contribution in [1.29, 1.82) is 0 Å². The molecular formula is C11H23NO3. The summed E-state index contributed by atoms with van der Waals surface area (Å²) >= 11 is 0. The van der Waals surface area contributed by atoms with Gasteiger partial charge in [-0.15, -0.1) is 0 Å². The molecule has 2 atom stereocenters. The maximum atomic E-state index is 10.3. The SMILES string of the molecule is CNC[C@H](O)C[C@](C)(O)C1CCOCC1. The fourth-order valence-corrected chi connectivity index (χ4v) is 2.27. The van der Waals surface area contributed by atoms with Crippen LogP contribution in [-0.2, 0) is 4.74 Å². The summed E-state index contributed by atoms with van der Waals surface area (Å²) in [5.74, 6) is 0.248. The van der Waals surface area contributed by atoms with Crippen molar-refractivity contribution in [3.8, 4) is 0 Å². The smallest absolute Gasteiger partial charge is 0.0691 e. The van der Waals surface area contributed by atoms with Crippen molar-refractivity contribution < 1.29 is 14.9 Å². The van der Waals surface area contributed by atoms with Crippen LogP contribution in [-0.4, -0.2) is 48.7 Å². The zero-order chi connectivity index (χ0) is 11.3. The molecule has 0 bridgehead atoms. The highest BCUT2D eigenvalue weighted by atomic mass is 16.5. The van der Waals surface area contributed by atoms with Crippen LogP contribution in [0.25, 0.3) is 0 Å². The number of likely N-dealkylation sites (N-methyl/N-ethyl adjacent to an activating group) is 1. The Morgan fingerprint density at radius 3 is 2.60 bits per heavy atom. The van der Waals surface area contributed by atoms with Crippen molar-refractivity contribution in [3.05, 3.63) is 0 Å². The summed E-state index contributed by atoms with van der Waals surface area (Å²) in [7, 11) is 1.80. The topological polar surface area (TPSA) is 61.7 Å². The number of ether oxygens (including phenoxy) is 1. The minimum atomic E-state index is -0.778. The van der Waals surface area contributed by atoms with E-state index in [1.54, 1.807) is 7.05 Å². The van der Waals surface area contributed by atoms with Gasteiger partial charge in [0.2, 0.25) is 0 Å². The van der Waals surface area contributed by atoms with Gasteiger partial charge in [0.25, 0.3) is 0 Å². The lowest BCUT2D eigenvalue weighted by Gasteiger charge is -2.36. The molecule has 0 aromatic heterocycles. The lowest BCUT2D eigenvalue weighted by Crippen LogP contribution is -2.42. The minimum Gasteiger partial charge on any atom is -0.392 e. The second-order valence-electron chi connectivity index (χ2n) is 4.66. The van der Waals surface area contributed by atoms with Crippen molar-refractivity contribution in [2.75, 3.05) is 26.8 Å². The lowest BCUT2D eigenvalue weighted by molar-refractivity contribution is -0.0772. The van der Waals surface area contributed by atoms with Gasteiger partial charge in [0.1, 0.15) is 0 Å². The van der Waals surface area contributed by atoms with E-state index in [0.29, 0.717) is 13.0 Å². The van der Waals surface area contributed by atoms with Gasteiger partial charge in [0.05, 0.1) is 11.7 Å². The van der Waals surface area contributed by atoms with E-state index in [2.05, 4.69) is 5.32 Å². The fourth-order valence-electron chi connectivity index (χ4n) is 2.27. The Hall–Kier alpha value is -0.160. The molecule has 1 heterocycles. The Morgan fingerprint density at radius 1 is 1.47 bits per heavy atom. The van der Waals surface area contributed by atoms with Crippen LogP contribution in [0.3, 0.4) is 0 Å². The maximum absolute atomic E-state index is 10.3. The number of hydrogen-bond acceptors (Lipinski definition) is 4.